The summed E-state index contributed by atoms with van der Waals surface area (Å²) < 4.78 is 6.93. The van der Waals surface area contributed by atoms with Crippen molar-refractivity contribution in [2.45, 2.75) is 0 Å². The van der Waals surface area contributed by atoms with Crippen molar-refractivity contribution >= 4 is 46.0 Å². The standard InChI is InChI=1S/C15H12INO2S/c1-17-14(15(18)20)12-7-2-3-8-13(12)19-11-6-4-5-10(16)9-11/h2-9H,1H3,(H,18,20). The number of para-hydroxylation sites is 1. The van der Waals surface area contributed by atoms with Gasteiger partial charge in [-0.2, -0.15) is 0 Å². The van der Waals surface area contributed by atoms with Gasteiger partial charge in [-0.1, -0.05) is 30.8 Å². The Hall–Kier alpha value is -1.34. The Bertz CT molecular complexity index is 670. The molecule has 20 heavy (non-hydrogen) atoms. The first-order chi connectivity index (χ1) is 9.61. The second kappa shape index (κ2) is 6.90. The minimum Gasteiger partial charge on any atom is -0.457 e. The molecule has 0 spiro atoms. The molecule has 0 aliphatic carbocycles. The Kier molecular flexibility index (Phi) is 5.19. The smallest absolute Gasteiger partial charge is 0.234 e. The molecule has 5 heteroatoms. The first-order valence-electron chi connectivity index (χ1n) is 5.84. The van der Waals surface area contributed by atoms with Crippen LogP contribution >= 0.6 is 35.2 Å². The summed E-state index contributed by atoms with van der Waals surface area (Å²) >= 11 is 6.07. The van der Waals surface area contributed by atoms with Crippen LogP contribution in [0.25, 0.3) is 0 Å². The number of ether oxygens (including phenoxy) is 1. The molecule has 3 nitrogen and oxygen atoms in total. The molecule has 0 amide bonds. The molecule has 0 aliphatic rings. The van der Waals surface area contributed by atoms with Gasteiger partial charge in [0.1, 0.15) is 17.2 Å². The number of carbonyl (C=O) groups is 1. The van der Waals surface area contributed by atoms with E-state index in [1.54, 1.807) is 19.2 Å². The second-order valence-corrected chi connectivity index (χ2v) is 5.58. The summed E-state index contributed by atoms with van der Waals surface area (Å²) in [7, 11) is 1.56. The van der Waals surface area contributed by atoms with Crippen LogP contribution in [-0.4, -0.2) is 17.9 Å². The van der Waals surface area contributed by atoms with Crippen LogP contribution in [0.4, 0.5) is 0 Å². The van der Waals surface area contributed by atoms with E-state index in [1.807, 2.05) is 36.4 Å². The Balaban J connectivity index is 2.40. The first-order valence-corrected chi connectivity index (χ1v) is 7.37. The first kappa shape index (κ1) is 15.1. The number of nitrogens with zero attached hydrogens (tertiary/aromatic N) is 1. The summed E-state index contributed by atoms with van der Waals surface area (Å²) in [5, 5.41) is -0.383. The van der Waals surface area contributed by atoms with Gasteiger partial charge >= 0.3 is 0 Å². The fraction of sp³-hybridized carbons (Fsp3) is 0.0667. The summed E-state index contributed by atoms with van der Waals surface area (Å²) in [6.07, 6.45) is 0. The van der Waals surface area contributed by atoms with Gasteiger partial charge in [0.15, 0.2) is 0 Å². The molecule has 0 aromatic heterocycles. The highest BCUT2D eigenvalue weighted by molar-refractivity contribution is 14.1. The lowest BCUT2D eigenvalue weighted by Crippen LogP contribution is -2.10. The molecule has 0 atom stereocenters. The predicted octanol–water partition coefficient (Wildman–Crippen LogP) is 3.96. The minimum atomic E-state index is -0.383. The molecule has 0 bridgehead atoms. The lowest BCUT2D eigenvalue weighted by Gasteiger charge is -2.11. The molecule has 0 N–H and O–H groups in total. The molecule has 0 saturated carbocycles. The number of thiol groups is 1. The Morgan fingerprint density at radius 2 is 1.95 bits per heavy atom. The van der Waals surface area contributed by atoms with Crippen LogP contribution in [0, 0.1) is 3.57 Å². The van der Waals surface area contributed by atoms with E-state index >= 15 is 0 Å². The van der Waals surface area contributed by atoms with Crippen molar-refractivity contribution in [3.05, 3.63) is 57.7 Å². The summed E-state index contributed by atoms with van der Waals surface area (Å²) in [5.74, 6) is 1.30. The summed E-state index contributed by atoms with van der Waals surface area (Å²) in [6.45, 7) is 0. The van der Waals surface area contributed by atoms with Crippen LogP contribution in [0.3, 0.4) is 0 Å². The molecular weight excluding hydrogens is 385 g/mol. The van der Waals surface area contributed by atoms with Gasteiger partial charge in [-0.3, -0.25) is 9.79 Å². The minimum absolute atomic E-state index is 0.287. The van der Waals surface area contributed by atoms with Crippen molar-refractivity contribution in [3.63, 3.8) is 0 Å². The van der Waals surface area contributed by atoms with Crippen LogP contribution in [-0.2, 0) is 4.79 Å². The molecule has 0 fully saturated rings. The van der Waals surface area contributed by atoms with Gasteiger partial charge in [0, 0.05) is 16.2 Å². The summed E-state index contributed by atoms with van der Waals surface area (Å²) in [5.41, 5.74) is 0.920. The average molecular weight is 397 g/mol. The number of hydrogen-bond acceptors (Lipinski definition) is 3. The van der Waals surface area contributed by atoms with E-state index in [-0.39, 0.29) is 10.8 Å². The number of halogens is 1. The van der Waals surface area contributed by atoms with Gasteiger partial charge in [0.2, 0.25) is 5.12 Å². The van der Waals surface area contributed by atoms with E-state index in [9.17, 15) is 4.79 Å². The highest BCUT2D eigenvalue weighted by Gasteiger charge is 2.15. The van der Waals surface area contributed by atoms with E-state index < -0.39 is 0 Å². The van der Waals surface area contributed by atoms with E-state index in [2.05, 4.69) is 40.2 Å². The maximum absolute atomic E-state index is 11.5. The monoisotopic (exact) mass is 397 g/mol. The zero-order valence-electron chi connectivity index (χ0n) is 10.7. The molecule has 2 rings (SSSR count). The van der Waals surface area contributed by atoms with E-state index in [4.69, 9.17) is 4.74 Å². The van der Waals surface area contributed by atoms with E-state index in [1.165, 1.54) is 0 Å². The van der Waals surface area contributed by atoms with E-state index in [0.717, 1.165) is 3.57 Å². The molecule has 0 aliphatic heterocycles. The zero-order chi connectivity index (χ0) is 14.5. The second-order valence-electron chi connectivity index (χ2n) is 3.93. The molecule has 0 unspecified atom stereocenters. The maximum atomic E-state index is 11.5. The molecular formula is C15H12INO2S. The van der Waals surface area contributed by atoms with Crippen molar-refractivity contribution < 1.29 is 9.53 Å². The van der Waals surface area contributed by atoms with Crippen molar-refractivity contribution in [2.75, 3.05) is 7.05 Å². The largest absolute Gasteiger partial charge is 0.457 e. The summed E-state index contributed by atoms with van der Waals surface area (Å²) in [4.78, 5) is 15.5. The molecule has 0 saturated heterocycles. The van der Waals surface area contributed by atoms with Crippen LogP contribution in [0.15, 0.2) is 53.5 Å². The number of benzene rings is 2. The van der Waals surface area contributed by atoms with Gasteiger partial charge in [-0.15, -0.1) is 0 Å². The average Bonchev–Trinajstić information content (AvgIpc) is 2.41. The van der Waals surface area contributed by atoms with Crippen LogP contribution in [0.5, 0.6) is 11.5 Å². The van der Waals surface area contributed by atoms with Crippen molar-refractivity contribution in [1.82, 2.24) is 0 Å². The van der Waals surface area contributed by atoms with Gasteiger partial charge in [0.05, 0.1) is 0 Å². The number of hydrogen-bond donors (Lipinski definition) is 1. The van der Waals surface area contributed by atoms with Crippen molar-refractivity contribution in [2.24, 2.45) is 4.99 Å². The molecule has 0 radical (unpaired) electrons. The van der Waals surface area contributed by atoms with Gasteiger partial charge in [-0.25, -0.2) is 0 Å². The third-order valence-electron chi connectivity index (χ3n) is 2.59. The van der Waals surface area contributed by atoms with Crippen LogP contribution in [0.1, 0.15) is 5.56 Å². The quantitative estimate of drug-likeness (QED) is 0.482. The number of carbonyl (C=O) groups excluding carboxylic acids is 1. The van der Waals surface area contributed by atoms with Gasteiger partial charge in [0.25, 0.3) is 0 Å². The molecule has 0 heterocycles. The Morgan fingerprint density at radius 1 is 1.20 bits per heavy atom. The van der Waals surface area contributed by atoms with E-state index in [0.29, 0.717) is 17.1 Å². The summed E-state index contributed by atoms with van der Waals surface area (Å²) in [6, 6.07) is 15.0. The van der Waals surface area contributed by atoms with Crippen molar-refractivity contribution in [1.29, 1.82) is 0 Å². The van der Waals surface area contributed by atoms with Crippen molar-refractivity contribution in [3.8, 4) is 11.5 Å². The topological polar surface area (TPSA) is 38.7 Å². The van der Waals surface area contributed by atoms with Crippen LogP contribution < -0.4 is 4.74 Å². The maximum Gasteiger partial charge on any atom is 0.234 e. The Morgan fingerprint density at radius 3 is 2.60 bits per heavy atom. The Labute approximate surface area is 136 Å². The highest BCUT2D eigenvalue weighted by Crippen LogP contribution is 2.27. The predicted molar refractivity (Wildman–Crippen MR) is 92.1 cm³/mol. The number of rotatable bonds is 4. The zero-order valence-corrected chi connectivity index (χ0v) is 13.8. The lowest BCUT2D eigenvalue weighted by molar-refractivity contribution is -0.105. The SMILES string of the molecule is CN=C(C(=O)S)c1ccccc1Oc1cccc(I)c1. The molecule has 2 aromatic rings. The number of aliphatic imine (C=N–C) groups is 1. The van der Waals surface area contributed by atoms with Crippen LogP contribution in [0.2, 0.25) is 0 Å². The molecule has 2 aromatic carbocycles. The van der Waals surface area contributed by atoms with Gasteiger partial charge in [-0.05, 0) is 52.9 Å². The lowest BCUT2D eigenvalue weighted by atomic mass is 10.1. The fourth-order valence-electron chi connectivity index (χ4n) is 1.74. The third-order valence-corrected chi connectivity index (χ3v) is 3.48. The normalized spacial score (nSPS) is 11.2. The molecule has 102 valence electrons. The highest BCUT2D eigenvalue weighted by atomic mass is 127. The third kappa shape index (κ3) is 3.61. The fourth-order valence-corrected chi connectivity index (χ4v) is 2.48. The van der Waals surface area contributed by atoms with Gasteiger partial charge < -0.3 is 4.74 Å².